The highest BCUT2D eigenvalue weighted by Gasteiger charge is 2.32. The molecule has 1 unspecified atom stereocenters. The van der Waals surface area contributed by atoms with E-state index in [9.17, 15) is 9.59 Å². The van der Waals surface area contributed by atoms with E-state index in [1.165, 1.54) is 0 Å². The van der Waals surface area contributed by atoms with Gasteiger partial charge >= 0.3 is 5.97 Å². The number of aliphatic carboxylic acids is 1. The van der Waals surface area contributed by atoms with Crippen LogP contribution < -0.4 is 5.32 Å². The number of hydrogen-bond donors (Lipinski definition) is 2. The van der Waals surface area contributed by atoms with Crippen LogP contribution in [0.4, 0.5) is 0 Å². The van der Waals surface area contributed by atoms with E-state index in [2.05, 4.69) is 5.32 Å². The molecule has 5 nitrogen and oxygen atoms in total. The van der Waals surface area contributed by atoms with E-state index >= 15 is 0 Å². The zero-order valence-electron chi connectivity index (χ0n) is 11.5. The lowest BCUT2D eigenvalue weighted by atomic mass is 10.1. The Kier molecular flexibility index (Phi) is 5.59. The van der Waals surface area contributed by atoms with Gasteiger partial charge in [-0.2, -0.15) is 0 Å². The van der Waals surface area contributed by atoms with E-state index in [1.54, 1.807) is 6.92 Å². The van der Waals surface area contributed by atoms with Crippen LogP contribution in [0.5, 0.6) is 0 Å². The van der Waals surface area contributed by atoms with Crippen LogP contribution in [0.25, 0.3) is 0 Å². The summed E-state index contributed by atoms with van der Waals surface area (Å²) in [5.41, 5.74) is 0. The smallest absolute Gasteiger partial charge is 0.307 e. The molecule has 0 spiro atoms. The number of carboxylic acids is 1. The lowest BCUT2D eigenvalue weighted by Crippen LogP contribution is -2.42. The van der Waals surface area contributed by atoms with Crippen LogP contribution in [-0.2, 0) is 9.59 Å². The van der Waals surface area contributed by atoms with Gasteiger partial charge in [0.05, 0.1) is 12.5 Å². The van der Waals surface area contributed by atoms with Crippen LogP contribution in [0.2, 0.25) is 0 Å². The highest BCUT2D eigenvalue weighted by Crippen LogP contribution is 2.27. The molecule has 104 valence electrons. The third kappa shape index (κ3) is 5.49. The first-order valence-corrected chi connectivity index (χ1v) is 6.63. The number of nitrogens with zero attached hydrogens (tertiary/aromatic N) is 1. The predicted molar refractivity (Wildman–Crippen MR) is 69.2 cm³/mol. The summed E-state index contributed by atoms with van der Waals surface area (Å²) >= 11 is 0. The lowest BCUT2D eigenvalue weighted by molar-refractivity contribution is -0.142. The van der Waals surface area contributed by atoms with Crippen molar-refractivity contribution in [3.05, 3.63) is 0 Å². The van der Waals surface area contributed by atoms with E-state index < -0.39 is 11.9 Å². The molecule has 2 N–H and O–H groups in total. The summed E-state index contributed by atoms with van der Waals surface area (Å²) < 4.78 is 0. The minimum Gasteiger partial charge on any atom is -0.481 e. The molecule has 5 heteroatoms. The molecule has 1 saturated carbocycles. The number of nitrogens with one attached hydrogen (secondary N) is 1. The molecular formula is C13H24N2O3. The van der Waals surface area contributed by atoms with Gasteiger partial charge in [-0.25, -0.2) is 0 Å². The van der Waals surface area contributed by atoms with E-state index in [-0.39, 0.29) is 5.91 Å². The number of hydrogen-bond acceptors (Lipinski definition) is 3. The molecule has 1 rings (SSSR count). The molecule has 0 aliphatic heterocycles. The minimum absolute atomic E-state index is 0.00631. The average Bonchev–Trinajstić information content (AvgIpc) is 3.08. The fourth-order valence-corrected chi connectivity index (χ4v) is 1.77. The molecule has 0 aromatic carbocycles. The number of carboxylic acid groups (broad SMARTS) is 1. The standard InChI is InChI=1S/C13H24N2O3/c1-9(2)6-14-12(16)8-15(11-4-5-11)7-10(3)13(17)18/h9-11H,4-8H2,1-3H3,(H,14,16)(H,17,18). The summed E-state index contributed by atoms with van der Waals surface area (Å²) in [5.74, 6) is -0.804. The van der Waals surface area contributed by atoms with Crippen molar-refractivity contribution < 1.29 is 14.7 Å². The molecule has 1 aliphatic rings. The van der Waals surface area contributed by atoms with Crippen LogP contribution in [-0.4, -0.2) is 47.6 Å². The van der Waals surface area contributed by atoms with Gasteiger partial charge in [-0.1, -0.05) is 20.8 Å². The SMILES string of the molecule is CC(C)CNC(=O)CN(CC(C)C(=O)O)C1CC1. The Hall–Kier alpha value is -1.10. The molecule has 0 heterocycles. The average molecular weight is 256 g/mol. The second-order valence-corrected chi connectivity index (χ2v) is 5.60. The fraction of sp³-hybridized carbons (Fsp3) is 0.846. The van der Waals surface area contributed by atoms with Crippen LogP contribution in [0.1, 0.15) is 33.6 Å². The summed E-state index contributed by atoms with van der Waals surface area (Å²) in [4.78, 5) is 24.6. The third-order valence-electron chi connectivity index (χ3n) is 3.05. The van der Waals surface area contributed by atoms with E-state index in [0.29, 0.717) is 31.6 Å². The summed E-state index contributed by atoms with van der Waals surface area (Å²) in [6.07, 6.45) is 2.15. The zero-order valence-corrected chi connectivity index (χ0v) is 11.5. The highest BCUT2D eigenvalue weighted by atomic mass is 16.4. The van der Waals surface area contributed by atoms with Crippen LogP contribution in [0, 0.1) is 11.8 Å². The van der Waals surface area contributed by atoms with E-state index in [1.807, 2.05) is 18.7 Å². The number of rotatable bonds is 8. The predicted octanol–water partition coefficient (Wildman–Crippen LogP) is 0.944. The van der Waals surface area contributed by atoms with Gasteiger partial charge in [0.15, 0.2) is 0 Å². The summed E-state index contributed by atoms with van der Waals surface area (Å²) in [7, 11) is 0. The topological polar surface area (TPSA) is 69.6 Å². The number of carbonyl (C=O) groups excluding carboxylic acids is 1. The first-order valence-electron chi connectivity index (χ1n) is 6.63. The Balaban J connectivity index is 2.38. The molecule has 0 aromatic rings. The molecular weight excluding hydrogens is 232 g/mol. The minimum atomic E-state index is -0.803. The van der Waals surface area contributed by atoms with Crippen molar-refractivity contribution >= 4 is 11.9 Å². The molecule has 1 amide bonds. The molecule has 18 heavy (non-hydrogen) atoms. The van der Waals surface area contributed by atoms with Crippen molar-refractivity contribution in [2.75, 3.05) is 19.6 Å². The maximum Gasteiger partial charge on any atom is 0.307 e. The second-order valence-electron chi connectivity index (χ2n) is 5.60. The molecule has 0 saturated heterocycles. The quantitative estimate of drug-likeness (QED) is 0.678. The van der Waals surface area contributed by atoms with Gasteiger partial charge in [0.25, 0.3) is 0 Å². The summed E-state index contributed by atoms with van der Waals surface area (Å²) in [6.45, 7) is 7.22. The summed E-state index contributed by atoms with van der Waals surface area (Å²) in [5, 5.41) is 11.8. The largest absolute Gasteiger partial charge is 0.481 e. The maximum absolute atomic E-state index is 11.7. The molecule has 1 aliphatic carbocycles. The number of carbonyl (C=O) groups is 2. The Bertz CT molecular complexity index is 301. The van der Waals surface area contributed by atoms with Crippen LogP contribution >= 0.6 is 0 Å². The molecule has 1 fully saturated rings. The van der Waals surface area contributed by atoms with Crippen molar-refractivity contribution in [2.45, 2.75) is 39.7 Å². The van der Waals surface area contributed by atoms with Gasteiger partial charge in [-0.15, -0.1) is 0 Å². The van der Waals surface area contributed by atoms with Crippen molar-refractivity contribution in [2.24, 2.45) is 11.8 Å². The molecule has 0 bridgehead atoms. The number of amides is 1. The van der Waals surface area contributed by atoms with Crippen LogP contribution in [0.15, 0.2) is 0 Å². The molecule has 1 atom stereocenters. The maximum atomic E-state index is 11.7. The van der Waals surface area contributed by atoms with E-state index in [0.717, 1.165) is 12.8 Å². The summed E-state index contributed by atoms with van der Waals surface area (Å²) in [6, 6.07) is 0.400. The monoisotopic (exact) mass is 256 g/mol. The van der Waals surface area contributed by atoms with E-state index in [4.69, 9.17) is 5.11 Å². The Morgan fingerprint density at radius 1 is 1.33 bits per heavy atom. The Morgan fingerprint density at radius 3 is 2.39 bits per heavy atom. The van der Waals surface area contributed by atoms with Gasteiger partial charge < -0.3 is 10.4 Å². The van der Waals surface area contributed by atoms with Crippen LogP contribution in [0.3, 0.4) is 0 Å². The Labute approximate surface area is 109 Å². The van der Waals surface area contributed by atoms with Gasteiger partial charge in [0.1, 0.15) is 0 Å². The Morgan fingerprint density at radius 2 is 1.94 bits per heavy atom. The first-order chi connectivity index (χ1) is 8.40. The normalized spacial score (nSPS) is 16.9. The van der Waals surface area contributed by atoms with Crippen molar-refractivity contribution in [1.29, 1.82) is 0 Å². The first kappa shape index (κ1) is 15.0. The molecule has 0 radical (unpaired) electrons. The van der Waals surface area contributed by atoms with Crippen molar-refractivity contribution in [3.8, 4) is 0 Å². The zero-order chi connectivity index (χ0) is 13.7. The van der Waals surface area contributed by atoms with Crippen molar-refractivity contribution in [3.63, 3.8) is 0 Å². The van der Waals surface area contributed by atoms with Gasteiger partial charge in [-0.3, -0.25) is 14.5 Å². The second kappa shape index (κ2) is 6.73. The van der Waals surface area contributed by atoms with Gasteiger partial charge in [-0.05, 0) is 18.8 Å². The van der Waals surface area contributed by atoms with Gasteiger partial charge in [0.2, 0.25) is 5.91 Å². The van der Waals surface area contributed by atoms with Gasteiger partial charge in [0, 0.05) is 19.1 Å². The highest BCUT2D eigenvalue weighted by molar-refractivity contribution is 5.78. The lowest BCUT2D eigenvalue weighted by Gasteiger charge is -2.23. The third-order valence-corrected chi connectivity index (χ3v) is 3.05. The van der Waals surface area contributed by atoms with Crippen molar-refractivity contribution in [1.82, 2.24) is 10.2 Å². The molecule has 0 aromatic heterocycles. The fourth-order valence-electron chi connectivity index (χ4n) is 1.77.